The van der Waals surface area contributed by atoms with Gasteiger partial charge in [-0.15, -0.1) is 0 Å². The van der Waals surface area contributed by atoms with Gasteiger partial charge in [0.05, 0.1) is 5.56 Å². The lowest BCUT2D eigenvalue weighted by atomic mass is 9.76. The highest BCUT2D eigenvalue weighted by Gasteiger charge is 2.36. The Kier molecular flexibility index (Phi) is 5.87. The van der Waals surface area contributed by atoms with Crippen molar-refractivity contribution in [2.75, 3.05) is 6.54 Å². The SMILES string of the molecule is CCn1nc(-c2nc(-c3ccc(CCCN)cc3C(F)(F)F)no2)c2c1CC(C)(C)CC2. The van der Waals surface area contributed by atoms with Crippen molar-refractivity contribution in [3.8, 4) is 23.0 Å². The summed E-state index contributed by atoms with van der Waals surface area (Å²) in [6.45, 7) is 7.58. The van der Waals surface area contributed by atoms with Gasteiger partial charge in [-0.25, -0.2) is 0 Å². The molecule has 1 aliphatic carbocycles. The van der Waals surface area contributed by atoms with E-state index in [4.69, 9.17) is 10.3 Å². The molecular formula is C23H28F3N5O. The molecule has 6 nitrogen and oxygen atoms in total. The predicted molar refractivity (Wildman–Crippen MR) is 115 cm³/mol. The van der Waals surface area contributed by atoms with E-state index in [1.165, 1.54) is 6.07 Å². The minimum absolute atomic E-state index is 0.0892. The number of aryl methyl sites for hydroxylation is 2. The lowest BCUT2D eigenvalue weighted by Gasteiger charge is -2.30. The highest BCUT2D eigenvalue weighted by molar-refractivity contribution is 5.65. The number of halogens is 3. The van der Waals surface area contributed by atoms with Crippen molar-refractivity contribution in [2.45, 2.75) is 65.6 Å². The summed E-state index contributed by atoms with van der Waals surface area (Å²) in [5.41, 5.74) is 8.12. The Morgan fingerprint density at radius 3 is 2.72 bits per heavy atom. The Morgan fingerprint density at radius 1 is 1.25 bits per heavy atom. The molecule has 172 valence electrons. The summed E-state index contributed by atoms with van der Waals surface area (Å²) in [7, 11) is 0. The zero-order chi connectivity index (χ0) is 23.1. The van der Waals surface area contributed by atoms with E-state index in [2.05, 4.69) is 29.1 Å². The number of benzene rings is 1. The van der Waals surface area contributed by atoms with Crippen LogP contribution in [0.2, 0.25) is 0 Å². The van der Waals surface area contributed by atoms with Crippen LogP contribution < -0.4 is 5.73 Å². The van der Waals surface area contributed by atoms with E-state index in [0.717, 1.165) is 36.6 Å². The van der Waals surface area contributed by atoms with Crippen LogP contribution in [0.25, 0.3) is 23.0 Å². The molecule has 0 atom stereocenters. The van der Waals surface area contributed by atoms with Crippen LogP contribution in [0.4, 0.5) is 13.2 Å². The van der Waals surface area contributed by atoms with Crippen molar-refractivity contribution in [2.24, 2.45) is 11.1 Å². The molecule has 2 aromatic heterocycles. The van der Waals surface area contributed by atoms with Crippen LogP contribution in [0.15, 0.2) is 22.7 Å². The monoisotopic (exact) mass is 447 g/mol. The molecule has 3 aromatic rings. The van der Waals surface area contributed by atoms with Gasteiger partial charge in [-0.1, -0.05) is 31.1 Å². The fourth-order valence-corrected chi connectivity index (χ4v) is 4.34. The second kappa shape index (κ2) is 8.35. The molecule has 1 aliphatic rings. The molecule has 2 heterocycles. The first kappa shape index (κ1) is 22.5. The molecule has 0 fully saturated rings. The fourth-order valence-electron chi connectivity index (χ4n) is 4.34. The summed E-state index contributed by atoms with van der Waals surface area (Å²) in [4.78, 5) is 4.34. The highest BCUT2D eigenvalue weighted by Crippen LogP contribution is 2.40. The number of nitrogens with two attached hydrogens (primary N) is 1. The molecule has 2 N–H and O–H groups in total. The maximum absolute atomic E-state index is 13.8. The van der Waals surface area contributed by atoms with Crippen molar-refractivity contribution in [3.63, 3.8) is 0 Å². The highest BCUT2D eigenvalue weighted by atomic mass is 19.4. The predicted octanol–water partition coefficient (Wildman–Crippen LogP) is 5.05. The first-order chi connectivity index (χ1) is 15.1. The minimum atomic E-state index is -4.54. The summed E-state index contributed by atoms with van der Waals surface area (Å²) in [6.07, 6.45) is -0.750. The van der Waals surface area contributed by atoms with Gasteiger partial charge in [-0.2, -0.15) is 23.3 Å². The van der Waals surface area contributed by atoms with Gasteiger partial charge in [-0.3, -0.25) is 4.68 Å². The Balaban J connectivity index is 1.74. The topological polar surface area (TPSA) is 82.8 Å². The third-order valence-corrected chi connectivity index (χ3v) is 6.09. The molecule has 0 radical (unpaired) electrons. The lowest BCUT2D eigenvalue weighted by molar-refractivity contribution is -0.137. The number of hydrogen-bond acceptors (Lipinski definition) is 5. The van der Waals surface area contributed by atoms with E-state index in [-0.39, 0.29) is 22.7 Å². The molecule has 1 aromatic carbocycles. The third kappa shape index (κ3) is 4.30. The van der Waals surface area contributed by atoms with E-state index < -0.39 is 11.7 Å². The van der Waals surface area contributed by atoms with E-state index in [1.807, 2.05) is 11.6 Å². The number of aromatic nitrogens is 4. The minimum Gasteiger partial charge on any atom is -0.332 e. The molecule has 0 saturated carbocycles. The standard InChI is InChI=1S/C23H28F3N5O/c1-4-31-18-13-22(2,3)10-9-16(18)19(29-31)21-28-20(30-32-21)15-8-7-14(6-5-11-27)12-17(15)23(24,25)26/h7-8,12H,4-6,9-11,13,27H2,1-3H3. The van der Waals surface area contributed by atoms with E-state index in [9.17, 15) is 13.2 Å². The molecule has 32 heavy (non-hydrogen) atoms. The van der Waals surface area contributed by atoms with Crippen molar-refractivity contribution in [1.29, 1.82) is 0 Å². The van der Waals surface area contributed by atoms with Gasteiger partial charge in [0.1, 0.15) is 0 Å². The zero-order valence-corrected chi connectivity index (χ0v) is 18.6. The second-order valence-electron chi connectivity index (χ2n) is 9.12. The van der Waals surface area contributed by atoms with E-state index in [0.29, 0.717) is 37.2 Å². The van der Waals surface area contributed by atoms with Gasteiger partial charge in [0.2, 0.25) is 5.82 Å². The van der Waals surface area contributed by atoms with Gasteiger partial charge >= 0.3 is 6.18 Å². The van der Waals surface area contributed by atoms with Crippen molar-refractivity contribution < 1.29 is 17.7 Å². The van der Waals surface area contributed by atoms with E-state index in [1.54, 1.807) is 6.07 Å². The van der Waals surface area contributed by atoms with Crippen molar-refractivity contribution in [3.05, 3.63) is 40.6 Å². The smallest absolute Gasteiger partial charge is 0.332 e. The molecule has 0 aliphatic heterocycles. The van der Waals surface area contributed by atoms with Gasteiger partial charge in [0.25, 0.3) is 5.89 Å². The number of hydrogen-bond donors (Lipinski definition) is 1. The van der Waals surface area contributed by atoms with Crippen LogP contribution in [0.5, 0.6) is 0 Å². The number of rotatable bonds is 6. The van der Waals surface area contributed by atoms with E-state index >= 15 is 0 Å². The number of fused-ring (bicyclic) bond motifs is 1. The summed E-state index contributed by atoms with van der Waals surface area (Å²) in [5, 5.41) is 8.54. The van der Waals surface area contributed by atoms with Gasteiger partial charge < -0.3 is 10.3 Å². The first-order valence-electron chi connectivity index (χ1n) is 11.0. The van der Waals surface area contributed by atoms with Crippen molar-refractivity contribution in [1.82, 2.24) is 19.9 Å². The molecule has 0 spiro atoms. The summed E-state index contributed by atoms with van der Waals surface area (Å²) < 4.78 is 48.7. The largest absolute Gasteiger partial charge is 0.417 e. The Labute approximate surface area is 185 Å². The molecule has 0 unspecified atom stereocenters. The number of nitrogens with zero attached hydrogens (tertiary/aromatic N) is 4. The molecule has 9 heteroatoms. The quantitative estimate of drug-likeness (QED) is 0.572. The number of alkyl halides is 3. The van der Waals surface area contributed by atoms with Crippen LogP contribution in [0, 0.1) is 5.41 Å². The van der Waals surface area contributed by atoms with Crippen LogP contribution >= 0.6 is 0 Å². The van der Waals surface area contributed by atoms with Gasteiger partial charge in [0.15, 0.2) is 5.69 Å². The molecule has 0 bridgehead atoms. The lowest BCUT2D eigenvalue weighted by Crippen LogP contribution is -2.24. The zero-order valence-electron chi connectivity index (χ0n) is 18.6. The molecule has 4 rings (SSSR count). The maximum atomic E-state index is 13.8. The molecular weight excluding hydrogens is 419 g/mol. The van der Waals surface area contributed by atoms with Crippen LogP contribution in [-0.4, -0.2) is 26.5 Å². The second-order valence-corrected chi connectivity index (χ2v) is 9.12. The van der Waals surface area contributed by atoms with Crippen LogP contribution in [0.1, 0.15) is 56.0 Å². The normalized spacial score (nSPS) is 15.7. The maximum Gasteiger partial charge on any atom is 0.417 e. The average molecular weight is 448 g/mol. The summed E-state index contributed by atoms with van der Waals surface area (Å²) in [6, 6.07) is 4.22. The molecule has 0 saturated heterocycles. The van der Waals surface area contributed by atoms with Crippen LogP contribution in [0.3, 0.4) is 0 Å². The Bertz CT molecular complexity index is 1110. The van der Waals surface area contributed by atoms with Gasteiger partial charge in [0, 0.05) is 23.4 Å². The fraction of sp³-hybridized carbons (Fsp3) is 0.522. The third-order valence-electron chi connectivity index (χ3n) is 6.09. The Morgan fingerprint density at radius 2 is 2.03 bits per heavy atom. The van der Waals surface area contributed by atoms with Crippen molar-refractivity contribution >= 4 is 0 Å². The first-order valence-corrected chi connectivity index (χ1v) is 11.0. The summed E-state index contributed by atoms with van der Waals surface area (Å²) >= 11 is 0. The van der Waals surface area contributed by atoms with Crippen LogP contribution in [-0.2, 0) is 32.0 Å². The Hall–Kier alpha value is -2.68. The van der Waals surface area contributed by atoms with Gasteiger partial charge in [-0.05, 0) is 62.6 Å². The summed E-state index contributed by atoms with van der Waals surface area (Å²) in [5.74, 6) is 0.0668. The average Bonchev–Trinajstić information content (AvgIpc) is 3.35. The molecule has 0 amide bonds.